The van der Waals surface area contributed by atoms with Crippen molar-refractivity contribution in [3.63, 3.8) is 0 Å². The van der Waals surface area contributed by atoms with E-state index in [2.05, 4.69) is 0 Å². The fraction of sp³-hybridized carbons (Fsp3) is 0.375. The van der Waals surface area contributed by atoms with E-state index >= 15 is 0 Å². The molecule has 0 fully saturated rings. The molecule has 1 rings (SSSR count). The molecule has 0 amide bonds. The molecule has 1 aromatic rings. The lowest BCUT2D eigenvalue weighted by atomic mass is 10.1. The SMILES string of the molecule is CC(C)(O)c1ccco1.O=C(O)O. The quantitative estimate of drug-likeness (QED) is 0.624. The minimum atomic E-state index is -1.83. The lowest BCUT2D eigenvalue weighted by Gasteiger charge is -2.12. The number of aliphatic hydroxyl groups is 1. The van der Waals surface area contributed by atoms with Crippen molar-refractivity contribution in [3.05, 3.63) is 24.2 Å². The largest absolute Gasteiger partial charge is 0.503 e. The zero-order chi connectivity index (χ0) is 10.5. The summed E-state index contributed by atoms with van der Waals surface area (Å²) in [6.45, 7) is 3.37. The van der Waals surface area contributed by atoms with Crippen LogP contribution in [0.25, 0.3) is 0 Å². The van der Waals surface area contributed by atoms with Crippen LogP contribution in [-0.4, -0.2) is 21.5 Å². The summed E-state index contributed by atoms with van der Waals surface area (Å²) in [7, 11) is 0. The van der Waals surface area contributed by atoms with Crippen molar-refractivity contribution in [3.8, 4) is 0 Å². The highest BCUT2D eigenvalue weighted by Crippen LogP contribution is 2.18. The first kappa shape index (κ1) is 11.5. The minimum absolute atomic E-state index is 0.600. The zero-order valence-electron chi connectivity index (χ0n) is 7.39. The summed E-state index contributed by atoms with van der Waals surface area (Å²) in [6.07, 6.45) is -0.284. The number of rotatable bonds is 1. The van der Waals surface area contributed by atoms with Crippen LogP contribution >= 0.6 is 0 Å². The molecule has 0 aliphatic rings. The van der Waals surface area contributed by atoms with Gasteiger partial charge in [0.1, 0.15) is 11.4 Å². The molecule has 0 aliphatic carbocycles. The first-order valence-electron chi connectivity index (χ1n) is 3.52. The number of carbonyl (C=O) groups is 1. The maximum atomic E-state index is 9.28. The van der Waals surface area contributed by atoms with Crippen LogP contribution in [0.3, 0.4) is 0 Å². The van der Waals surface area contributed by atoms with Crippen molar-refractivity contribution in [2.24, 2.45) is 0 Å². The molecular formula is C8H12O5. The number of furan rings is 1. The molecule has 0 saturated heterocycles. The molecule has 0 unspecified atom stereocenters. The van der Waals surface area contributed by atoms with Crippen LogP contribution in [0.15, 0.2) is 22.8 Å². The lowest BCUT2D eigenvalue weighted by Crippen LogP contribution is -2.13. The van der Waals surface area contributed by atoms with Crippen LogP contribution in [0, 0.1) is 0 Å². The average molecular weight is 188 g/mol. The second-order valence-electron chi connectivity index (χ2n) is 2.82. The second kappa shape index (κ2) is 4.51. The summed E-state index contributed by atoms with van der Waals surface area (Å²) in [6, 6.07) is 3.51. The van der Waals surface area contributed by atoms with Gasteiger partial charge in [0.2, 0.25) is 0 Å². The van der Waals surface area contributed by atoms with Crippen molar-refractivity contribution >= 4 is 6.16 Å². The monoisotopic (exact) mass is 188 g/mol. The van der Waals surface area contributed by atoms with Gasteiger partial charge in [0.15, 0.2) is 0 Å². The van der Waals surface area contributed by atoms with Crippen LogP contribution in [-0.2, 0) is 5.60 Å². The van der Waals surface area contributed by atoms with Crippen LogP contribution in [0.2, 0.25) is 0 Å². The molecule has 0 aromatic carbocycles. The van der Waals surface area contributed by atoms with Gasteiger partial charge >= 0.3 is 6.16 Å². The second-order valence-corrected chi connectivity index (χ2v) is 2.82. The highest BCUT2D eigenvalue weighted by molar-refractivity contribution is 5.53. The summed E-state index contributed by atoms with van der Waals surface area (Å²) < 4.78 is 4.95. The van der Waals surface area contributed by atoms with Gasteiger partial charge in [0.25, 0.3) is 0 Å². The van der Waals surface area contributed by atoms with E-state index in [4.69, 9.17) is 19.4 Å². The molecular weight excluding hydrogens is 176 g/mol. The number of carboxylic acid groups (broad SMARTS) is 2. The van der Waals surface area contributed by atoms with Crippen molar-refractivity contribution in [2.75, 3.05) is 0 Å². The van der Waals surface area contributed by atoms with Gasteiger partial charge in [-0.2, -0.15) is 0 Å². The molecule has 74 valence electrons. The molecule has 0 bridgehead atoms. The lowest BCUT2D eigenvalue weighted by molar-refractivity contribution is 0.0541. The van der Waals surface area contributed by atoms with E-state index in [1.54, 1.807) is 32.2 Å². The molecule has 13 heavy (non-hydrogen) atoms. The van der Waals surface area contributed by atoms with Crippen LogP contribution in [0.5, 0.6) is 0 Å². The Balaban J connectivity index is 0.000000310. The van der Waals surface area contributed by atoms with Crippen molar-refractivity contribution in [1.82, 2.24) is 0 Å². The Labute approximate surface area is 75.2 Å². The Morgan fingerprint density at radius 2 is 1.92 bits per heavy atom. The molecule has 0 spiro atoms. The highest BCUT2D eigenvalue weighted by Gasteiger charge is 2.17. The topological polar surface area (TPSA) is 90.9 Å². The Hall–Kier alpha value is -1.49. The molecule has 3 N–H and O–H groups in total. The van der Waals surface area contributed by atoms with Crippen LogP contribution in [0.1, 0.15) is 19.6 Å². The summed E-state index contributed by atoms with van der Waals surface area (Å²) in [5, 5.41) is 23.2. The van der Waals surface area contributed by atoms with Gasteiger partial charge < -0.3 is 19.7 Å². The van der Waals surface area contributed by atoms with E-state index in [0.29, 0.717) is 5.76 Å². The van der Waals surface area contributed by atoms with E-state index in [1.807, 2.05) is 0 Å². The highest BCUT2D eigenvalue weighted by atomic mass is 16.6. The third-order valence-corrected chi connectivity index (χ3v) is 1.12. The van der Waals surface area contributed by atoms with Crippen molar-refractivity contribution < 1.29 is 24.5 Å². The predicted molar refractivity (Wildman–Crippen MR) is 44.6 cm³/mol. The Bertz CT molecular complexity index is 240. The first-order valence-corrected chi connectivity index (χ1v) is 3.52. The Kier molecular flexibility index (Phi) is 4.00. The van der Waals surface area contributed by atoms with Gasteiger partial charge in [-0.25, -0.2) is 4.79 Å². The first-order chi connectivity index (χ1) is 5.84. The molecule has 0 saturated carbocycles. The molecule has 0 radical (unpaired) electrons. The molecule has 5 heteroatoms. The Morgan fingerprint density at radius 3 is 2.08 bits per heavy atom. The third kappa shape index (κ3) is 5.75. The third-order valence-electron chi connectivity index (χ3n) is 1.12. The fourth-order valence-corrected chi connectivity index (χ4v) is 0.627. The van der Waals surface area contributed by atoms with Crippen LogP contribution in [0.4, 0.5) is 4.79 Å². The Morgan fingerprint density at radius 1 is 1.46 bits per heavy atom. The van der Waals surface area contributed by atoms with Gasteiger partial charge in [-0.3, -0.25) is 0 Å². The van der Waals surface area contributed by atoms with Gasteiger partial charge in [-0.1, -0.05) is 0 Å². The maximum Gasteiger partial charge on any atom is 0.503 e. The van der Waals surface area contributed by atoms with Gasteiger partial charge in [0.05, 0.1) is 6.26 Å². The summed E-state index contributed by atoms with van der Waals surface area (Å²) >= 11 is 0. The van der Waals surface area contributed by atoms with E-state index in [0.717, 1.165) is 0 Å². The fourth-order valence-electron chi connectivity index (χ4n) is 0.627. The van der Waals surface area contributed by atoms with Gasteiger partial charge in [-0.05, 0) is 26.0 Å². The summed E-state index contributed by atoms with van der Waals surface area (Å²) in [5.74, 6) is 0.600. The van der Waals surface area contributed by atoms with E-state index < -0.39 is 11.8 Å². The maximum absolute atomic E-state index is 9.28. The van der Waals surface area contributed by atoms with Gasteiger partial charge in [-0.15, -0.1) is 0 Å². The molecule has 0 atom stereocenters. The van der Waals surface area contributed by atoms with Gasteiger partial charge in [0, 0.05) is 0 Å². The summed E-state index contributed by atoms with van der Waals surface area (Å²) in [4.78, 5) is 8.56. The zero-order valence-corrected chi connectivity index (χ0v) is 7.39. The predicted octanol–water partition coefficient (Wildman–Crippen LogP) is 1.73. The average Bonchev–Trinajstić information content (AvgIpc) is 2.31. The smallest absolute Gasteiger partial charge is 0.466 e. The molecule has 5 nitrogen and oxygen atoms in total. The number of hydrogen-bond acceptors (Lipinski definition) is 3. The van der Waals surface area contributed by atoms with E-state index in [9.17, 15) is 5.11 Å². The molecule has 0 aliphatic heterocycles. The van der Waals surface area contributed by atoms with Crippen molar-refractivity contribution in [1.29, 1.82) is 0 Å². The van der Waals surface area contributed by atoms with Crippen molar-refractivity contribution in [2.45, 2.75) is 19.4 Å². The summed E-state index contributed by atoms with van der Waals surface area (Å²) in [5.41, 5.74) is -0.844. The number of hydrogen-bond donors (Lipinski definition) is 3. The van der Waals surface area contributed by atoms with Crippen LogP contribution < -0.4 is 0 Å². The molecule has 1 heterocycles. The normalized spacial score (nSPS) is 10.1. The van der Waals surface area contributed by atoms with E-state index in [1.165, 1.54) is 0 Å². The van der Waals surface area contributed by atoms with E-state index in [-0.39, 0.29) is 0 Å². The minimum Gasteiger partial charge on any atom is -0.466 e. The standard InChI is InChI=1S/C7H10O2.CH2O3/c1-7(2,8)6-4-3-5-9-6;2-1(3)4/h3-5,8H,1-2H3;(H2,2,3,4). The molecule has 1 aromatic heterocycles.